The van der Waals surface area contributed by atoms with Gasteiger partial charge in [0, 0.05) is 37.1 Å². The molecule has 4 rings (SSSR count). The minimum atomic E-state index is 0.789. The Morgan fingerprint density at radius 3 is 2.58 bits per heavy atom. The van der Waals surface area contributed by atoms with Crippen LogP contribution in [0.3, 0.4) is 0 Å². The quantitative estimate of drug-likeness (QED) is 0.403. The number of hydrogen-bond acceptors (Lipinski definition) is 6. The number of unbranched alkanes of at least 4 members (excludes halogenated alkanes) is 1. The summed E-state index contributed by atoms with van der Waals surface area (Å²) in [6.45, 7) is 3.04. The number of nitrogens with zero attached hydrogens (tertiary/aromatic N) is 5. The minimum absolute atomic E-state index is 0.789. The van der Waals surface area contributed by atoms with E-state index in [1.807, 2.05) is 37.5 Å². The molecule has 2 aromatic heterocycles. The first-order chi connectivity index (χ1) is 15.1. The molecule has 0 N–H and O–H groups in total. The molecule has 0 radical (unpaired) electrons. The van der Waals surface area contributed by atoms with Gasteiger partial charge in [0.15, 0.2) is 0 Å². The van der Waals surface area contributed by atoms with E-state index in [4.69, 9.17) is 14.5 Å². The van der Waals surface area contributed by atoms with Crippen molar-refractivity contribution >= 4 is 22.4 Å². The van der Waals surface area contributed by atoms with Gasteiger partial charge in [0.05, 0.1) is 49.0 Å². The summed E-state index contributed by atoms with van der Waals surface area (Å²) in [4.78, 5) is 11.7. The van der Waals surface area contributed by atoms with Gasteiger partial charge < -0.3 is 14.4 Å². The van der Waals surface area contributed by atoms with Gasteiger partial charge in [0.2, 0.25) is 0 Å². The van der Waals surface area contributed by atoms with Crippen LogP contribution in [-0.2, 0) is 7.05 Å². The summed E-state index contributed by atoms with van der Waals surface area (Å²) in [6.07, 6.45) is 7.66. The van der Waals surface area contributed by atoms with Crippen molar-refractivity contribution in [2.75, 3.05) is 25.7 Å². The van der Waals surface area contributed by atoms with Gasteiger partial charge in [0.25, 0.3) is 0 Å². The Morgan fingerprint density at radius 2 is 1.87 bits per heavy atom. The maximum Gasteiger partial charge on any atom is 0.142 e. The molecule has 0 amide bonds. The van der Waals surface area contributed by atoms with E-state index in [1.165, 1.54) is 0 Å². The molecule has 31 heavy (non-hydrogen) atoms. The van der Waals surface area contributed by atoms with Gasteiger partial charge in [0.1, 0.15) is 11.5 Å². The molecule has 0 aliphatic carbocycles. The maximum absolute atomic E-state index is 5.66. The zero-order chi connectivity index (χ0) is 21.8. The van der Waals surface area contributed by atoms with Gasteiger partial charge in [-0.25, -0.2) is 4.98 Å². The summed E-state index contributed by atoms with van der Waals surface area (Å²) in [7, 11) is 5.26. The Balaban J connectivity index is 1.80. The number of aromatic nitrogens is 4. The Bertz CT molecular complexity index is 1190. The second kappa shape index (κ2) is 9.04. The molecule has 7 heteroatoms. The van der Waals surface area contributed by atoms with E-state index in [1.54, 1.807) is 31.3 Å². The first-order valence-electron chi connectivity index (χ1n) is 10.4. The molecule has 0 saturated carbocycles. The van der Waals surface area contributed by atoms with Crippen molar-refractivity contribution in [1.82, 2.24) is 19.7 Å². The molecule has 0 aliphatic heterocycles. The molecule has 0 atom stereocenters. The predicted octanol–water partition coefficient (Wildman–Crippen LogP) is 4.99. The van der Waals surface area contributed by atoms with Crippen LogP contribution in [0.4, 0.5) is 11.4 Å². The summed E-state index contributed by atoms with van der Waals surface area (Å²) in [5.41, 5.74) is 5.43. The number of benzene rings is 2. The first kappa shape index (κ1) is 20.7. The number of anilines is 2. The van der Waals surface area contributed by atoms with Crippen molar-refractivity contribution in [2.45, 2.75) is 19.8 Å². The number of aryl methyl sites for hydroxylation is 1. The number of methoxy groups -OCH3 is 2. The summed E-state index contributed by atoms with van der Waals surface area (Å²) in [5.74, 6) is 1.59. The molecule has 0 unspecified atom stereocenters. The van der Waals surface area contributed by atoms with Crippen LogP contribution in [0.15, 0.2) is 55.0 Å². The highest BCUT2D eigenvalue weighted by Gasteiger charge is 2.16. The fourth-order valence-corrected chi connectivity index (χ4v) is 3.57. The molecule has 0 saturated heterocycles. The molecule has 0 bridgehead atoms. The van der Waals surface area contributed by atoms with Gasteiger partial charge in [-0.05, 0) is 36.8 Å². The van der Waals surface area contributed by atoms with E-state index in [0.717, 1.165) is 64.6 Å². The van der Waals surface area contributed by atoms with Gasteiger partial charge in [-0.3, -0.25) is 9.67 Å². The molecule has 160 valence electrons. The summed E-state index contributed by atoms with van der Waals surface area (Å²) in [6, 6.07) is 12.0. The van der Waals surface area contributed by atoms with Gasteiger partial charge in [-0.2, -0.15) is 5.10 Å². The Kier molecular flexibility index (Phi) is 6.02. The highest BCUT2D eigenvalue weighted by molar-refractivity contribution is 5.83. The molecule has 7 nitrogen and oxygen atoms in total. The number of rotatable bonds is 8. The molecular weight excluding hydrogens is 390 g/mol. The lowest BCUT2D eigenvalue weighted by atomic mass is 10.1. The predicted molar refractivity (Wildman–Crippen MR) is 123 cm³/mol. The average Bonchev–Trinajstić information content (AvgIpc) is 3.25. The van der Waals surface area contributed by atoms with Crippen molar-refractivity contribution in [2.24, 2.45) is 7.05 Å². The van der Waals surface area contributed by atoms with Crippen LogP contribution in [0.2, 0.25) is 0 Å². The van der Waals surface area contributed by atoms with Crippen molar-refractivity contribution < 1.29 is 9.47 Å². The zero-order valence-electron chi connectivity index (χ0n) is 18.4. The van der Waals surface area contributed by atoms with Crippen LogP contribution in [0, 0.1) is 0 Å². The fourth-order valence-electron chi connectivity index (χ4n) is 3.57. The number of ether oxygens (including phenoxy) is 2. The number of fused-ring (bicyclic) bond motifs is 1. The number of hydrogen-bond donors (Lipinski definition) is 0. The van der Waals surface area contributed by atoms with E-state index in [2.05, 4.69) is 34.0 Å². The SMILES string of the molecule is CCCCN(c1ccc2ncc(-c3cnn(C)c3)nc2c1)c1cc(OC)ccc1OC. The Hall–Kier alpha value is -3.61. The smallest absolute Gasteiger partial charge is 0.142 e. The standard InChI is InChI=1S/C24H27N5O2/c1-5-6-11-29(23-13-19(30-3)8-10-24(23)31-4)18-7-9-20-21(12-18)27-22(15-25-20)17-14-26-28(2)16-17/h7-10,12-16H,5-6,11H2,1-4H3. The third-order valence-electron chi connectivity index (χ3n) is 5.25. The molecule has 0 aliphatic rings. The second-order valence-electron chi connectivity index (χ2n) is 7.37. The third-order valence-corrected chi connectivity index (χ3v) is 5.25. The van der Waals surface area contributed by atoms with Crippen molar-refractivity contribution in [1.29, 1.82) is 0 Å². The minimum Gasteiger partial charge on any atom is -0.497 e. The molecule has 2 aromatic carbocycles. The van der Waals surface area contributed by atoms with E-state index < -0.39 is 0 Å². The van der Waals surface area contributed by atoms with E-state index in [9.17, 15) is 0 Å². The molecule has 4 aromatic rings. The first-order valence-corrected chi connectivity index (χ1v) is 10.4. The lowest BCUT2D eigenvalue weighted by Crippen LogP contribution is -2.19. The molecule has 2 heterocycles. The lowest BCUT2D eigenvalue weighted by Gasteiger charge is -2.27. The highest BCUT2D eigenvalue weighted by atomic mass is 16.5. The Morgan fingerprint density at radius 1 is 1.00 bits per heavy atom. The van der Waals surface area contributed by atoms with Crippen LogP contribution < -0.4 is 14.4 Å². The van der Waals surface area contributed by atoms with Gasteiger partial charge >= 0.3 is 0 Å². The Labute approximate surface area is 182 Å². The maximum atomic E-state index is 5.66. The molecule has 0 spiro atoms. The topological polar surface area (TPSA) is 65.3 Å². The third kappa shape index (κ3) is 4.30. The molecular formula is C24H27N5O2. The summed E-state index contributed by atoms with van der Waals surface area (Å²) >= 11 is 0. The van der Waals surface area contributed by atoms with E-state index in [0.29, 0.717) is 0 Å². The van der Waals surface area contributed by atoms with Crippen LogP contribution in [0.5, 0.6) is 11.5 Å². The zero-order valence-corrected chi connectivity index (χ0v) is 18.4. The van der Waals surface area contributed by atoms with E-state index >= 15 is 0 Å². The highest BCUT2D eigenvalue weighted by Crippen LogP contribution is 2.37. The second-order valence-corrected chi connectivity index (χ2v) is 7.37. The van der Waals surface area contributed by atoms with Gasteiger partial charge in [-0.15, -0.1) is 0 Å². The van der Waals surface area contributed by atoms with Crippen molar-refractivity contribution in [3.63, 3.8) is 0 Å². The van der Waals surface area contributed by atoms with Crippen LogP contribution in [0.1, 0.15) is 19.8 Å². The van der Waals surface area contributed by atoms with E-state index in [-0.39, 0.29) is 0 Å². The van der Waals surface area contributed by atoms with Crippen molar-refractivity contribution in [3.8, 4) is 22.8 Å². The van der Waals surface area contributed by atoms with Crippen LogP contribution in [-0.4, -0.2) is 40.5 Å². The van der Waals surface area contributed by atoms with Crippen LogP contribution in [0.25, 0.3) is 22.3 Å². The fraction of sp³-hybridized carbons (Fsp3) is 0.292. The van der Waals surface area contributed by atoms with Crippen molar-refractivity contribution in [3.05, 3.63) is 55.0 Å². The van der Waals surface area contributed by atoms with Crippen LogP contribution >= 0.6 is 0 Å². The largest absolute Gasteiger partial charge is 0.497 e. The summed E-state index contributed by atoms with van der Waals surface area (Å²) < 4.78 is 12.9. The summed E-state index contributed by atoms with van der Waals surface area (Å²) in [5, 5.41) is 4.24. The molecule has 0 fully saturated rings. The lowest BCUT2D eigenvalue weighted by molar-refractivity contribution is 0.403. The monoisotopic (exact) mass is 417 g/mol. The van der Waals surface area contributed by atoms with Gasteiger partial charge in [-0.1, -0.05) is 13.3 Å². The normalized spacial score (nSPS) is 11.0. The average molecular weight is 418 g/mol.